The summed E-state index contributed by atoms with van der Waals surface area (Å²) in [5.74, 6) is -0.247. The van der Waals surface area contributed by atoms with Crippen molar-refractivity contribution in [1.29, 1.82) is 0 Å². The normalized spacial score (nSPS) is 11.3. The van der Waals surface area contributed by atoms with E-state index in [2.05, 4.69) is 0 Å². The second-order valence-electron chi connectivity index (χ2n) is 3.32. The third kappa shape index (κ3) is 2.59. The number of aliphatic carboxylic acids is 1. The van der Waals surface area contributed by atoms with Crippen molar-refractivity contribution in [1.82, 2.24) is 0 Å². The van der Waals surface area contributed by atoms with Crippen LogP contribution >= 0.6 is 0 Å². The first kappa shape index (κ1) is 11.3. The van der Waals surface area contributed by atoms with Gasteiger partial charge >= 0.3 is 5.97 Å². The highest BCUT2D eigenvalue weighted by atomic mass is 16.5. The lowest BCUT2D eigenvalue weighted by Crippen LogP contribution is -1.95. The summed E-state index contributed by atoms with van der Waals surface area (Å²) in [6, 6.07) is 5.63. The Balaban J connectivity index is 3.29. The van der Waals surface area contributed by atoms with Gasteiger partial charge < -0.3 is 9.84 Å². The number of ether oxygens (including phenoxy) is 1. The summed E-state index contributed by atoms with van der Waals surface area (Å²) in [7, 11) is 1.58. The van der Waals surface area contributed by atoms with Gasteiger partial charge in [0.15, 0.2) is 0 Å². The number of hydrogen-bond donors (Lipinski definition) is 1. The summed E-state index contributed by atoms with van der Waals surface area (Å²) in [5.41, 5.74) is 2.55. The molecule has 3 nitrogen and oxygen atoms in total. The molecule has 0 saturated heterocycles. The number of allylic oxidation sites excluding steroid dienone is 1. The second kappa shape index (κ2) is 4.64. The Morgan fingerprint density at radius 3 is 2.67 bits per heavy atom. The minimum atomic E-state index is -0.946. The monoisotopic (exact) mass is 206 g/mol. The van der Waals surface area contributed by atoms with Crippen LogP contribution in [0.3, 0.4) is 0 Å². The van der Waals surface area contributed by atoms with Crippen molar-refractivity contribution in [2.75, 3.05) is 7.11 Å². The molecular weight excluding hydrogens is 192 g/mol. The Morgan fingerprint density at radius 1 is 1.47 bits per heavy atom. The number of hydrogen-bond acceptors (Lipinski definition) is 2. The zero-order chi connectivity index (χ0) is 11.4. The SMILES string of the molecule is COc1cccc(C)c1/C(C)=C/C(=O)O. The maximum atomic E-state index is 10.6. The van der Waals surface area contributed by atoms with Crippen LogP contribution in [0.15, 0.2) is 24.3 Å². The summed E-state index contributed by atoms with van der Waals surface area (Å²) in [4.78, 5) is 10.6. The van der Waals surface area contributed by atoms with Gasteiger partial charge in [0.25, 0.3) is 0 Å². The van der Waals surface area contributed by atoms with E-state index >= 15 is 0 Å². The van der Waals surface area contributed by atoms with Gasteiger partial charge in [-0.1, -0.05) is 12.1 Å². The van der Waals surface area contributed by atoms with E-state index in [0.717, 1.165) is 11.1 Å². The largest absolute Gasteiger partial charge is 0.496 e. The third-order valence-electron chi connectivity index (χ3n) is 2.19. The van der Waals surface area contributed by atoms with E-state index in [-0.39, 0.29) is 0 Å². The Morgan fingerprint density at radius 2 is 2.13 bits per heavy atom. The molecule has 0 spiro atoms. The van der Waals surface area contributed by atoms with Crippen molar-refractivity contribution >= 4 is 11.5 Å². The number of carboxylic acids is 1. The molecule has 0 aromatic heterocycles. The fourth-order valence-corrected chi connectivity index (χ4v) is 1.57. The van der Waals surface area contributed by atoms with Gasteiger partial charge in [-0.25, -0.2) is 4.79 Å². The van der Waals surface area contributed by atoms with Gasteiger partial charge in [0, 0.05) is 11.6 Å². The third-order valence-corrected chi connectivity index (χ3v) is 2.19. The standard InChI is InChI=1S/C12H14O3/c1-8-5-4-6-10(15-3)12(8)9(2)7-11(13)14/h4-7H,1-3H3,(H,13,14)/b9-7+. The predicted octanol–water partition coefficient (Wildman–Crippen LogP) is 2.49. The van der Waals surface area contributed by atoms with Gasteiger partial charge in [0.05, 0.1) is 7.11 Å². The molecule has 0 bridgehead atoms. The molecule has 1 aromatic rings. The van der Waals surface area contributed by atoms with Crippen molar-refractivity contribution < 1.29 is 14.6 Å². The number of methoxy groups -OCH3 is 1. The van der Waals surface area contributed by atoms with Crippen LogP contribution in [0.1, 0.15) is 18.1 Å². The lowest BCUT2D eigenvalue weighted by atomic mass is 10.0. The van der Waals surface area contributed by atoms with E-state index in [0.29, 0.717) is 11.3 Å². The van der Waals surface area contributed by atoms with Crippen LogP contribution in [-0.2, 0) is 4.79 Å². The molecule has 0 aliphatic rings. The van der Waals surface area contributed by atoms with Crippen LogP contribution in [0.5, 0.6) is 5.75 Å². The van der Waals surface area contributed by atoms with E-state index in [9.17, 15) is 4.79 Å². The maximum Gasteiger partial charge on any atom is 0.328 e. The topological polar surface area (TPSA) is 46.5 Å². The number of carboxylic acid groups (broad SMARTS) is 1. The molecule has 0 radical (unpaired) electrons. The molecule has 0 saturated carbocycles. The Labute approximate surface area is 89.0 Å². The van der Waals surface area contributed by atoms with Gasteiger partial charge in [0.2, 0.25) is 0 Å². The number of benzene rings is 1. The quantitative estimate of drug-likeness (QED) is 0.773. The minimum Gasteiger partial charge on any atom is -0.496 e. The number of carbonyl (C=O) groups is 1. The first-order valence-corrected chi connectivity index (χ1v) is 4.61. The van der Waals surface area contributed by atoms with Crippen molar-refractivity contribution in [3.05, 3.63) is 35.4 Å². The fourth-order valence-electron chi connectivity index (χ4n) is 1.57. The van der Waals surface area contributed by atoms with E-state index in [1.165, 1.54) is 6.08 Å². The molecular formula is C12H14O3. The second-order valence-corrected chi connectivity index (χ2v) is 3.32. The van der Waals surface area contributed by atoms with E-state index in [4.69, 9.17) is 9.84 Å². The molecule has 0 atom stereocenters. The average Bonchev–Trinajstić information content (AvgIpc) is 2.15. The molecule has 3 heteroatoms. The summed E-state index contributed by atoms with van der Waals surface area (Å²) >= 11 is 0. The van der Waals surface area contributed by atoms with Crippen LogP contribution in [0.25, 0.3) is 5.57 Å². The van der Waals surface area contributed by atoms with Gasteiger partial charge in [-0.3, -0.25) is 0 Å². The zero-order valence-corrected chi connectivity index (χ0v) is 9.07. The van der Waals surface area contributed by atoms with Gasteiger partial charge in [-0.2, -0.15) is 0 Å². The van der Waals surface area contributed by atoms with E-state index in [1.807, 2.05) is 25.1 Å². The van der Waals surface area contributed by atoms with Crippen molar-refractivity contribution in [3.8, 4) is 5.75 Å². The van der Waals surface area contributed by atoms with Crippen LogP contribution in [0, 0.1) is 6.92 Å². The zero-order valence-electron chi connectivity index (χ0n) is 9.07. The van der Waals surface area contributed by atoms with Crippen LogP contribution in [0.4, 0.5) is 0 Å². The van der Waals surface area contributed by atoms with Crippen molar-refractivity contribution in [2.24, 2.45) is 0 Å². The smallest absolute Gasteiger partial charge is 0.328 e. The van der Waals surface area contributed by atoms with Crippen LogP contribution in [0.2, 0.25) is 0 Å². The van der Waals surface area contributed by atoms with Crippen molar-refractivity contribution in [2.45, 2.75) is 13.8 Å². The molecule has 0 amide bonds. The molecule has 0 heterocycles. The molecule has 1 aromatic carbocycles. The molecule has 0 fully saturated rings. The highest BCUT2D eigenvalue weighted by Crippen LogP contribution is 2.28. The molecule has 15 heavy (non-hydrogen) atoms. The summed E-state index contributed by atoms with van der Waals surface area (Å²) in [6.07, 6.45) is 1.19. The molecule has 80 valence electrons. The summed E-state index contributed by atoms with van der Waals surface area (Å²) in [6.45, 7) is 3.69. The predicted molar refractivity (Wildman–Crippen MR) is 59.0 cm³/mol. The summed E-state index contributed by atoms with van der Waals surface area (Å²) < 4.78 is 5.20. The minimum absolute atomic E-state index is 0.692. The Bertz CT molecular complexity index is 405. The van der Waals surface area contributed by atoms with Gasteiger partial charge in [0.1, 0.15) is 5.75 Å². The first-order valence-electron chi connectivity index (χ1n) is 4.61. The van der Waals surface area contributed by atoms with Crippen LogP contribution in [-0.4, -0.2) is 18.2 Å². The average molecular weight is 206 g/mol. The highest BCUT2D eigenvalue weighted by molar-refractivity contribution is 5.91. The number of aryl methyl sites for hydroxylation is 1. The fraction of sp³-hybridized carbons (Fsp3) is 0.250. The van der Waals surface area contributed by atoms with Gasteiger partial charge in [-0.15, -0.1) is 0 Å². The molecule has 1 N–H and O–H groups in total. The lowest BCUT2D eigenvalue weighted by Gasteiger charge is -2.11. The number of rotatable bonds is 3. The Kier molecular flexibility index (Phi) is 3.50. The van der Waals surface area contributed by atoms with Crippen molar-refractivity contribution in [3.63, 3.8) is 0 Å². The molecule has 0 aliphatic carbocycles. The lowest BCUT2D eigenvalue weighted by molar-refractivity contribution is -0.131. The van der Waals surface area contributed by atoms with E-state index in [1.54, 1.807) is 14.0 Å². The first-order chi connectivity index (χ1) is 7.06. The molecule has 0 unspecified atom stereocenters. The highest BCUT2D eigenvalue weighted by Gasteiger charge is 2.08. The molecule has 1 rings (SSSR count). The van der Waals surface area contributed by atoms with Crippen LogP contribution < -0.4 is 4.74 Å². The molecule has 0 aliphatic heterocycles. The summed E-state index contributed by atoms with van der Waals surface area (Å²) in [5, 5.41) is 8.68. The van der Waals surface area contributed by atoms with Gasteiger partial charge in [-0.05, 0) is 31.1 Å². The van der Waals surface area contributed by atoms with E-state index < -0.39 is 5.97 Å². The maximum absolute atomic E-state index is 10.6. The Hall–Kier alpha value is -1.77.